The highest BCUT2D eigenvalue weighted by Gasteiger charge is 2.31. The van der Waals surface area contributed by atoms with Crippen molar-refractivity contribution in [1.29, 1.82) is 5.26 Å². The normalized spacial score (nSPS) is 10.8. The summed E-state index contributed by atoms with van der Waals surface area (Å²) in [4.78, 5) is 10.4. The maximum atomic E-state index is 12.3. The molecule has 2 nitrogen and oxygen atoms in total. The maximum Gasteiger partial charge on any atom is 0.416 e. The van der Waals surface area contributed by atoms with Crippen molar-refractivity contribution in [2.75, 3.05) is 0 Å². The van der Waals surface area contributed by atoms with Crippen LogP contribution in [0.4, 0.5) is 13.2 Å². The number of rotatable bonds is 2. The Labute approximate surface area is 83.9 Å². The second kappa shape index (κ2) is 4.13. The van der Waals surface area contributed by atoms with Crippen LogP contribution in [0.3, 0.4) is 0 Å². The van der Waals surface area contributed by atoms with Crippen molar-refractivity contribution in [2.45, 2.75) is 12.6 Å². The number of halogens is 3. The second-order valence-corrected chi connectivity index (χ2v) is 2.91. The molecule has 0 aliphatic heterocycles. The van der Waals surface area contributed by atoms with Crippen LogP contribution in [-0.2, 0) is 12.6 Å². The third kappa shape index (κ3) is 2.81. The number of hydrogen-bond donors (Lipinski definition) is 0. The standard InChI is InChI=1S/C10H6F3NO/c11-10(12,13)9-4-7(1-2-14)3-8(5-9)6-15/h3-6H,1H2. The third-order valence-corrected chi connectivity index (χ3v) is 1.76. The minimum Gasteiger partial charge on any atom is -0.298 e. The molecule has 15 heavy (non-hydrogen) atoms. The van der Waals surface area contributed by atoms with Crippen LogP contribution in [0.25, 0.3) is 0 Å². The second-order valence-electron chi connectivity index (χ2n) is 2.91. The number of benzene rings is 1. The lowest BCUT2D eigenvalue weighted by Crippen LogP contribution is -2.06. The number of carbonyl (C=O) groups excluding carboxylic acids is 1. The van der Waals surface area contributed by atoms with Crippen LogP contribution in [-0.4, -0.2) is 6.29 Å². The highest BCUT2D eigenvalue weighted by atomic mass is 19.4. The summed E-state index contributed by atoms with van der Waals surface area (Å²) in [5.74, 6) is 0. The van der Waals surface area contributed by atoms with E-state index in [1.807, 2.05) is 0 Å². The van der Waals surface area contributed by atoms with Crippen LogP contribution < -0.4 is 0 Å². The molecule has 1 rings (SSSR count). The van der Waals surface area contributed by atoms with Crippen molar-refractivity contribution >= 4 is 6.29 Å². The topological polar surface area (TPSA) is 40.9 Å². The Morgan fingerprint density at radius 3 is 2.47 bits per heavy atom. The Morgan fingerprint density at radius 1 is 1.33 bits per heavy atom. The number of hydrogen-bond acceptors (Lipinski definition) is 2. The molecule has 0 aliphatic carbocycles. The molecular formula is C10H6F3NO. The lowest BCUT2D eigenvalue weighted by Gasteiger charge is -2.08. The minimum atomic E-state index is -4.50. The highest BCUT2D eigenvalue weighted by Crippen LogP contribution is 2.30. The van der Waals surface area contributed by atoms with Gasteiger partial charge in [-0.2, -0.15) is 18.4 Å². The van der Waals surface area contributed by atoms with Gasteiger partial charge in [0.2, 0.25) is 0 Å². The zero-order valence-corrected chi connectivity index (χ0v) is 7.51. The van der Waals surface area contributed by atoms with E-state index in [1.54, 1.807) is 6.07 Å². The summed E-state index contributed by atoms with van der Waals surface area (Å²) in [5, 5.41) is 8.36. The zero-order valence-electron chi connectivity index (χ0n) is 7.51. The van der Waals surface area contributed by atoms with Crippen molar-refractivity contribution in [3.8, 4) is 6.07 Å². The van der Waals surface area contributed by atoms with Crippen molar-refractivity contribution < 1.29 is 18.0 Å². The molecule has 0 aromatic heterocycles. The van der Waals surface area contributed by atoms with Gasteiger partial charge in [0.1, 0.15) is 6.29 Å². The maximum absolute atomic E-state index is 12.3. The van der Waals surface area contributed by atoms with E-state index in [-0.39, 0.29) is 17.5 Å². The molecule has 0 saturated carbocycles. The van der Waals surface area contributed by atoms with E-state index in [4.69, 9.17) is 5.26 Å². The van der Waals surface area contributed by atoms with Gasteiger partial charge in [-0.05, 0) is 23.8 Å². The van der Waals surface area contributed by atoms with E-state index in [1.165, 1.54) is 6.07 Å². The van der Waals surface area contributed by atoms with Crippen molar-refractivity contribution in [3.05, 3.63) is 34.9 Å². The van der Waals surface area contributed by atoms with Gasteiger partial charge in [0.05, 0.1) is 18.1 Å². The van der Waals surface area contributed by atoms with E-state index >= 15 is 0 Å². The Kier molecular flexibility index (Phi) is 3.10. The molecule has 78 valence electrons. The van der Waals surface area contributed by atoms with E-state index in [0.717, 1.165) is 12.1 Å². The third-order valence-electron chi connectivity index (χ3n) is 1.76. The van der Waals surface area contributed by atoms with Gasteiger partial charge >= 0.3 is 6.18 Å². The fourth-order valence-corrected chi connectivity index (χ4v) is 1.14. The lowest BCUT2D eigenvalue weighted by molar-refractivity contribution is -0.137. The van der Waals surface area contributed by atoms with Gasteiger partial charge in [0.25, 0.3) is 0 Å². The van der Waals surface area contributed by atoms with Crippen LogP contribution in [0.15, 0.2) is 18.2 Å². The number of alkyl halides is 3. The first-order valence-electron chi connectivity index (χ1n) is 4.00. The quantitative estimate of drug-likeness (QED) is 0.708. The molecule has 0 aliphatic rings. The molecule has 0 unspecified atom stereocenters. The molecule has 0 saturated heterocycles. The Morgan fingerprint density at radius 2 is 2.00 bits per heavy atom. The van der Waals surface area contributed by atoms with Crippen LogP contribution in [0.1, 0.15) is 21.5 Å². The predicted molar refractivity (Wildman–Crippen MR) is 46.1 cm³/mol. The van der Waals surface area contributed by atoms with Crippen LogP contribution >= 0.6 is 0 Å². The number of aldehydes is 1. The summed E-state index contributed by atoms with van der Waals surface area (Å²) in [6.45, 7) is 0. The first-order chi connectivity index (χ1) is 6.97. The molecule has 0 heterocycles. The molecule has 0 atom stereocenters. The molecule has 0 amide bonds. The van der Waals surface area contributed by atoms with Gasteiger partial charge in [-0.3, -0.25) is 4.79 Å². The largest absolute Gasteiger partial charge is 0.416 e. The average molecular weight is 213 g/mol. The first-order valence-corrected chi connectivity index (χ1v) is 4.00. The zero-order chi connectivity index (χ0) is 11.5. The summed E-state index contributed by atoms with van der Waals surface area (Å²) in [6.07, 6.45) is -4.32. The first kappa shape index (κ1) is 11.2. The predicted octanol–water partition coefficient (Wildman–Crippen LogP) is 2.58. The van der Waals surface area contributed by atoms with Crippen LogP contribution in [0.5, 0.6) is 0 Å². The summed E-state index contributed by atoms with van der Waals surface area (Å²) < 4.78 is 37.0. The molecule has 1 aromatic rings. The fourth-order valence-electron chi connectivity index (χ4n) is 1.14. The Balaban J connectivity index is 3.24. The van der Waals surface area contributed by atoms with Gasteiger partial charge < -0.3 is 0 Å². The number of nitrogens with zero attached hydrogens (tertiary/aromatic N) is 1. The van der Waals surface area contributed by atoms with Crippen LogP contribution in [0.2, 0.25) is 0 Å². The van der Waals surface area contributed by atoms with E-state index in [2.05, 4.69) is 0 Å². The molecule has 1 aromatic carbocycles. The van der Waals surface area contributed by atoms with Crippen molar-refractivity contribution in [3.63, 3.8) is 0 Å². The fraction of sp³-hybridized carbons (Fsp3) is 0.200. The van der Waals surface area contributed by atoms with Gasteiger partial charge in [-0.25, -0.2) is 0 Å². The van der Waals surface area contributed by atoms with Gasteiger partial charge in [-0.15, -0.1) is 0 Å². The minimum absolute atomic E-state index is 0.0740. The molecule has 0 N–H and O–H groups in total. The smallest absolute Gasteiger partial charge is 0.298 e. The SMILES string of the molecule is N#CCc1cc(C=O)cc(C(F)(F)F)c1. The van der Waals surface area contributed by atoms with Gasteiger partial charge in [0, 0.05) is 5.56 Å². The number of nitriles is 1. The Hall–Kier alpha value is -1.83. The lowest BCUT2D eigenvalue weighted by atomic mass is 10.0. The van der Waals surface area contributed by atoms with Crippen molar-refractivity contribution in [2.24, 2.45) is 0 Å². The van der Waals surface area contributed by atoms with Crippen LogP contribution in [0, 0.1) is 11.3 Å². The Bertz CT molecular complexity index is 418. The highest BCUT2D eigenvalue weighted by molar-refractivity contribution is 5.75. The molecule has 0 radical (unpaired) electrons. The van der Waals surface area contributed by atoms with Crippen molar-refractivity contribution in [1.82, 2.24) is 0 Å². The van der Waals surface area contributed by atoms with E-state index < -0.39 is 11.7 Å². The molecule has 0 spiro atoms. The summed E-state index contributed by atoms with van der Waals surface area (Å²) in [7, 11) is 0. The van der Waals surface area contributed by atoms with Gasteiger partial charge in [0.15, 0.2) is 0 Å². The molecule has 0 fully saturated rings. The molecule has 0 bridgehead atoms. The summed E-state index contributed by atoms with van der Waals surface area (Å²) in [6, 6.07) is 4.63. The summed E-state index contributed by atoms with van der Waals surface area (Å²) in [5.41, 5.74) is -0.790. The van der Waals surface area contributed by atoms with E-state index in [0.29, 0.717) is 6.29 Å². The van der Waals surface area contributed by atoms with Gasteiger partial charge in [-0.1, -0.05) is 0 Å². The molecular weight excluding hydrogens is 207 g/mol. The van der Waals surface area contributed by atoms with E-state index in [9.17, 15) is 18.0 Å². The monoisotopic (exact) mass is 213 g/mol. The average Bonchev–Trinajstić information content (AvgIpc) is 2.16. The number of carbonyl (C=O) groups is 1. The molecule has 5 heteroatoms. The summed E-state index contributed by atoms with van der Waals surface area (Å²) >= 11 is 0.